The summed E-state index contributed by atoms with van der Waals surface area (Å²) < 4.78 is 22.1. The van der Waals surface area contributed by atoms with E-state index in [2.05, 4.69) is 24.4 Å². The lowest BCUT2D eigenvalue weighted by Gasteiger charge is -2.43. The zero-order valence-electron chi connectivity index (χ0n) is 33.7. The van der Waals surface area contributed by atoms with Gasteiger partial charge in [-0.3, -0.25) is 4.79 Å². The van der Waals surface area contributed by atoms with Crippen LogP contribution in [0.2, 0.25) is 10.0 Å². The van der Waals surface area contributed by atoms with Crippen LogP contribution in [-0.4, -0.2) is 141 Å². The lowest BCUT2D eigenvalue weighted by atomic mass is 9.98. The van der Waals surface area contributed by atoms with E-state index in [1.54, 1.807) is 39.2 Å². The fourth-order valence-electron chi connectivity index (χ4n) is 6.29. The molecule has 57 heavy (non-hydrogen) atoms. The number of aliphatic hydroxyl groups excluding tert-OH is 7. The Balaban J connectivity index is 0.000000671. The molecule has 15 nitrogen and oxygen atoms in total. The number of unbranched alkanes of at least 4 members (excludes halogenated alkanes) is 10. The largest absolute Gasteiger partial charge is 0.453 e. The molecule has 2 heterocycles. The molecule has 0 aliphatic carbocycles. The molecule has 0 saturated carbocycles. The van der Waals surface area contributed by atoms with Crippen molar-refractivity contribution < 1.29 is 64.3 Å². The number of anilines is 1. The van der Waals surface area contributed by atoms with E-state index >= 15 is 0 Å². The van der Waals surface area contributed by atoms with Crippen LogP contribution in [-0.2, 0) is 23.7 Å². The van der Waals surface area contributed by atoms with E-state index in [9.17, 15) is 45.3 Å². The van der Waals surface area contributed by atoms with Crippen LogP contribution in [0.3, 0.4) is 0 Å². The fraction of sp³-hybridized carbons (Fsp3) is 0.750. The number of carbonyl (C=O) groups excluding carboxylic acids is 2. The van der Waals surface area contributed by atoms with Crippen LogP contribution in [0.15, 0.2) is 30.4 Å². The van der Waals surface area contributed by atoms with Crippen LogP contribution in [0.1, 0.15) is 97.3 Å². The van der Waals surface area contributed by atoms with Gasteiger partial charge in [0.2, 0.25) is 5.79 Å². The van der Waals surface area contributed by atoms with Crippen molar-refractivity contribution in [2.24, 2.45) is 5.92 Å². The second-order valence-electron chi connectivity index (χ2n) is 14.8. The van der Waals surface area contributed by atoms with E-state index in [-0.39, 0.29) is 6.03 Å². The zero-order chi connectivity index (χ0) is 42.5. The Labute approximate surface area is 346 Å². The molecular weight excluding hydrogens is 787 g/mol. The maximum atomic E-state index is 13.0. The Kier molecular flexibility index (Phi) is 24.1. The second kappa shape index (κ2) is 26.9. The molecule has 1 unspecified atom stereocenters. The molecule has 2 aliphatic rings. The van der Waals surface area contributed by atoms with Gasteiger partial charge in [0.15, 0.2) is 12.4 Å². The summed E-state index contributed by atoms with van der Waals surface area (Å²) in [4.78, 5) is 25.7. The Bertz CT molecular complexity index is 1340. The van der Waals surface area contributed by atoms with E-state index in [0.717, 1.165) is 38.5 Å². The van der Waals surface area contributed by atoms with Crippen molar-refractivity contribution in [2.75, 3.05) is 39.2 Å². The minimum Gasteiger partial charge on any atom is -0.453 e. The van der Waals surface area contributed by atoms with Crippen molar-refractivity contribution >= 4 is 40.9 Å². The number of amides is 2. The molecule has 2 fully saturated rings. The monoisotopic (exact) mass is 852 g/mol. The fourth-order valence-corrected chi connectivity index (χ4v) is 6.58. The molecule has 0 spiro atoms. The van der Waals surface area contributed by atoms with Crippen LogP contribution < -0.4 is 5.32 Å². The van der Waals surface area contributed by atoms with Gasteiger partial charge in [-0.05, 0) is 50.3 Å². The molecule has 10 atom stereocenters. The van der Waals surface area contributed by atoms with E-state index in [4.69, 9.17) is 42.1 Å². The van der Waals surface area contributed by atoms with E-state index in [1.165, 1.54) is 43.4 Å². The molecule has 1 aromatic rings. The molecule has 8 N–H and O–H groups in total. The number of aliphatic hydroxyl groups is 7. The first-order valence-corrected chi connectivity index (χ1v) is 20.8. The van der Waals surface area contributed by atoms with Gasteiger partial charge in [0.05, 0.1) is 29.2 Å². The molecule has 0 radical (unpaired) electrons. The van der Waals surface area contributed by atoms with Crippen LogP contribution in [0.25, 0.3) is 0 Å². The van der Waals surface area contributed by atoms with Crippen LogP contribution in [0.5, 0.6) is 0 Å². The molecule has 0 aromatic heterocycles. The third-order valence-electron chi connectivity index (χ3n) is 9.91. The summed E-state index contributed by atoms with van der Waals surface area (Å²) in [5, 5.41) is 74.2. The summed E-state index contributed by atoms with van der Waals surface area (Å²) in [6.07, 6.45) is 6.11. The quantitative estimate of drug-likeness (QED) is 0.0457. The number of halogens is 2. The number of nitrogens with one attached hydrogen (secondary N) is 1. The smallest absolute Gasteiger partial charge is 0.321 e. The van der Waals surface area contributed by atoms with Crippen molar-refractivity contribution in [1.29, 1.82) is 0 Å². The summed E-state index contributed by atoms with van der Waals surface area (Å²) in [5.74, 6) is -3.47. The van der Waals surface area contributed by atoms with Gasteiger partial charge in [-0.25, -0.2) is 4.79 Å². The van der Waals surface area contributed by atoms with Crippen molar-refractivity contribution in [1.82, 2.24) is 4.90 Å². The highest BCUT2D eigenvalue weighted by molar-refractivity contribution is 6.42. The molecule has 2 aliphatic heterocycles. The first-order chi connectivity index (χ1) is 27.2. The molecular formula is C40H66Cl2N2O13. The average molecular weight is 854 g/mol. The van der Waals surface area contributed by atoms with Crippen LogP contribution in [0.4, 0.5) is 10.5 Å². The van der Waals surface area contributed by atoms with Gasteiger partial charge in [-0.2, -0.15) is 0 Å². The zero-order valence-corrected chi connectivity index (χ0v) is 35.2. The lowest BCUT2D eigenvalue weighted by molar-refractivity contribution is -0.384. The SMILES string of the molecule is CCCCCCCC/C=C\CCCCCCC(C)C(=O)O[C@H]1[C@H](O)[C@@H](CO)O[C@@]1(CO)O[C@H]1O[C@H](CO)[C@@H](O)[C@H](O)[C@H]1O.CN(C)C(=O)Nc1ccc(Cl)c(Cl)c1. The number of ether oxygens (including phenoxy) is 4. The number of carbonyl (C=O) groups is 2. The maximum Gasteiger partial charge on any atom is 0.321 e. The first-order valence-electron chi connectivity index (χ1n) is 20.0. The Morgan fingerprint density at radius 3 is 2.00 bits per heavy atom. The molecule has 1 aromatic carbocycles. The number of hydrogen-bond donors (Lipinski definition) is 8. The predicted octanol–water partition coefficient (Wildman–Crippen LogP) is 4.53. The summed E-state index contributed by atoms with van der Waals surface area (Å²) in [7, 11) is 3.32. The third kappa shape index (κ3) is 16.5. The number of allylic oxidation sites excluding steroid dienone is 2. The third-order valence-corrected chi connectivity index (χ3v) is 10.7. The molecule has 2 amide bonds. The van der Waals surface area contributed by atoms with E-state index in [1.807, 2.05) is 0 Å². The first kappa shape index (κ1) is 51.0. The highest BCUT2D eigenvalue weighted by Crippen LogP contribution is 2.38. The van der Waals surface area contributed by atoms with Crippen LogP contribution in [0, 0.1) is 5.92 Å². The molecule has 17 heteroatoms. The van der Waals surface area contributed by atoms with Gasteiger partial charge in [-0.15, -0.1) is 0 Å². The predicted molar refractivity (Wildman–Crippen MR) is 216 cm³/mol. The maximum absolute atomic E-state index is 13.0. The highest BCUT2D eigenvalue weighted by Gasteiger charge is 2.61. The number of rotatable bonds is 22. The van der Waals surface area contributed by atoms with Gasteiger partial charge in [-0.1, -0.05) is 101 Å². The second-order valence-corrected chi connectivity index (χ2v) is 15.7. The topological polar surface area (TPSA) is 228 Å². The van der Waals surface area contributed by atoms with Crippen molar-refractivity contribution in [3.63, 3.8) is 0 Å². The minimum absolute atomic E-state index is 0.205. The molecule has 3 rings (SSSR count). The highest BCUT2D eigenvalue weighted by atomic mass is 35.5. The average Bonchev–Trinajstić information content (AvgIpc) is 3.45. The Hall–Kier alpha value is -2.12. The lowest BCUT2D eigenvalue weighted by Crippen LogP contribution is -2.63. The molecule has 328 valence electrons. The number of hydrogen-bond acceptors (Lipinski definition) is 13. The standard InChI is InChI=1S/C31H56O12.C9H10Cl2N2O/c1-3-4-5-6-7-8-9-10-11-12-13-14-15-16-17-21(2)29(39)41-28-25(36)23(19-33)42-31(28,20-34)43-30-27(38)26(37)24(35)22(18-32)40-30;1-13(2)9(14)12-6-3-4-7(10)8(11)5-6/h10-11,21-28,30,32-38H,3-9,12-20H2,1-2H3;3-5H,1-2H3,(H,12,14)/b11-10-;/t21?,22-,23-,24-,25-,26+,27-,28+,30-,31+;/m1./s1. The van der Waals surface area contributed by atoms with Gasteiger partial charge >= 0.3 is 12.0 Å². The summed E-state index contributed by atoms with van der Waals surface area (Å²) in [6, 6.07) is 4.72. The number of benzene rings is 1. The Morgan fingerprint density at radius 2 is 1.44 bits per heavy atom. The van der Waals surface area contributed by atoms with E-state index in [0.29, 0.717) is 22.2 Å². The van der Waals surface area contributed by atoms with Gasteiger partial charge in [0.1, 0.15) is 43.2 Å². The minimum atomic E-state index is -2.27. The van der Waals surface area contributed by atoms with Gasteiger partial charge in [0.25, 0.3) is 0 Å². The summed E-state index contributed by atoms with van der Waals surface area (Å²) in [5.41, 5.74) is 0.623. The summed E-state index contributed by atoms with van der Waals surface area (Å²) >= 11 is 11.5. The molecule has 0 bridgehead atoms. The van der Waals surface area contributed by atoms with Crippen molar-refractivity contribution in [2.45, 2.75) is 152 Å². The number of urea groups is 1. The van der Waals surface area contributed by atoms with Gasteiger partial charge < -0.3 is 64.9 Å². The number of nitrogens with zero attached hydrogens (tertiary/aromatic N) is 1. The van der Waals surface area contributed by atoms with E-state index < -0.39 is 86.5 Å². The van der Waals surface area contributed by atoms with Gasteiger partial charge in [0, 0.05) is 19.8 Å². The Morgan fingerprint density at radius 1 is 0.842 bits per heavy atom. The normalized spacial score (nSPS) is 27.8. The van der Waals surface area contributed by atoms with Crippen molar-refractivity contribution in [3.8, 4) is 0 Å². The van der Waals surface area contributed by atoms with Crippen molar-refractivity contribution in [3.05, 3.63) is 40.4 Å². The molecule has 2 saturated heterocycles. The van der Waals surface area contributed by atoms with Crippen LogP contribution >= 0.6 is 23.2 Å². The number of esters is 1. The summed E-state index contributed by atoms with van der Waals surface area (Å²) in [6.45, 7) is 1.53.